The number of phenols is 1. The van der Waals surface area contributed by atoms with Crippen molar-refractivity contribution in [3.8, 4) is 11.5 Å². The molecule has 88 valence electrons. The van der Waals surface area contributed by atoms with Crippen LogP contribution in [0.1, 0.15) is 45.7 Å². The summed E-state index contributed by atoms with van der Waals surface area (Å²) in [5, 5.41) is 10.0. The van der Waals surface area contributed by atoms with Gasteiger partial charge >= 0.3 is 0 Å². The van der Waals surface area contributed by atoms with Crippen LogP contribution in [-0.4, -0.2) is 10.7 Å². The second kappa shape index (κ2) is 3.16. The predicted molar refractivity (Wildman–Crippen MR) is 65.2 cm³/mol. The molecule has 0 saturated heterocycles. The highest BCUT2D eigenvalue weighted by molar-refractivity contribution is 5.51. The van der Waals surface area contributed by atoms with Gasteiger partial charge in [-0.2, -0.15) is 0 Å². The van der Waals surface area contributed by atoms with Gasteiger partial charge in [0.2, 0.25) is 0 Å². The molecule has 16 heavy (non-hydrogen) atoms. The first-order valence-corrected chi connectivity index (χ1v) is 5.74. The molecule has 0 saturated carbocycles. The summed E-state index contributed by atoms with van der Waals surface area (Å²) < 4.78 is 5.87. The Morgan fingerprint density at radius 3 is 2.44 bits per heavy atom. The van der Waals surface area contributed by atoms with Gasteiger partial charge in [-0.1, -0.05) is 20.8 Å². The van der Waals surface area contributed by atoms with E-state index in [0.717, 1.165) is 23.3 Å². The van der Waals surface area contributed by atoms with Gasteiger partial charge in [-0.15, -0.1) is 0 Å². The average molecular weight is 220 g/mol. The molecule has 0 aliphatic carbocycles. The summed E-state index contributed by atoms with van der Waals surface area (Å²) in [7, 11) is 0. The lowest BCUT2D eigenvalue weighted by atomic mass is 9.85. The smallest absolute Gasteiger partial charge is 0.124 e. The van der Waals surface area contributed by atoms with Gasteiger partial charge in [-0.05, 0) is 31.4 Å². The third kappa shape index (κ3) is 1.89. The lowest BCUT2D eigenvalue weighted by Gasteiger charge is -2.21. The van der Waals surface area contributed by atoms with Crippen molar-refractivity contribution in [1.82, 2.24) is 0 Å². The highest BCUT2D eigenvalue weighted by Crippen LogP contribution is 2.42. The van der Waals surface area contributed by atoms with Gasteiger partial charge in [0.15, 0.2) is 0 Å². The van der Waals surface area contributed by atoms with Gasteiger partial charge in [-0.25, -0.2) is 0 Å². The maximum Gasteiger partial charge on any atom is 0.124 e. The van der Waals surface area contributed by atoms with Crippen LogP contribution >= 0.6 is 0 Å². The second-order valence-corrected chi connectivity index (χ2v) is 6.27. The van der Waals surface area contributed by atoms with Crippen molar-refractivity contribution >= 4 is 0 Å². The van der Waals surface area contributed by atoms with Crippen molar-refractivity contribution in [3.05, 3.63) is 23.3 Å². The Kier molecular flexibility index (Phi) is 2.23. The molecule has 0 spiro atoms. The maximum absolute atomic E-state index is 10.0. The number of hydrogen-bond acceptors (Lipinski definition) is 2. The Morgan fingerprint density at radius 1 is 1.25 bits per heavy atom. The highest BCUT2D eigenvalue weighted by atomic mass is 16.5. The monoisotopic (exact) mass is 220 g/mol. The number of hydrogen-bond donors (Lipinski definition) is 1. The van der Waals surface area contributed by atoms with Crippen LogP contribution in [0.5, 0.6) is 11.5 Å². The van der Waals surface area contributed by atoms with Crippen LogP contribution in [0.4, 0.5) is 0 Å². The van der Waals surface area contributed by atoms with Gasteiger partial charge in [0.25, 0.3) is 0 Å². The van der Waals surface area contributed by atoms with Crippen LogP contribution in [-0.2, 0) is 11.8 Å². The van der Waals surface area contributed by atoms with Gasteiger partial charge in [0.05, 0.1) is 0 Å². The van der Waals surface area contributed by atoms with E-state index in [-0.39, 0.29) is 11.0 Å². The van der Waals surface area contributed by atoms with E-state index in [4.69, 9.17) is 4.74 Å². The number of ether oxygens (including phenoxy) is 1. The number of fused-ring (bicyclic) bond motifs is 1. The number of rotatable bonds is 0. The van der Waals surface area contributed by atoms with Gasteiger partial charge < -0.3 is 9.84 Å². The molecular weight excluding hydrogens is 200 g/mol. The maximum atomic E-state index is 10.0. The Morgan fingerprint density at radius 2 is 1.88 bits per heavy atom. The van der Waals surface area contributed by atoms with E-state index in [9.17, 15) is 5.11 Å². The minimum atomic E-state index is -0.148. The summed E-state index contributed by atoms with van der Waals surface area (Å²) >= 11 is 0. The third-order valence-electron chi connectivity index (χ3n) is 2.99. The molecule has 1 N–H and O–H groups in total. The topological polar surface area (TPSA) is 29.5 Å². The van der Waals surface area contributed by atoms with Crippen molar-refractivity contribution in [2.45, 2.75) is 52.1 Å². The highest BCUT2D eigenvalue weighted by Gasteiger charge is 2.32. The zero-order valence-corrected chi connectivity index (χ0v) is 10.7. The van der Waals surface area contributed by atoms with Gasteiger partial charge in [0.1, 0.15) is 17.1 Å². The lowest BCUT2D eigenvalue weighted by Crippen LogP contribution is -2.24. The first kappa shape index (κ1) is 11.3. The van der Waals surface area contributed by atoms with Gasteiger partial charge in [-0.3, -0.25) is 0 Å². The molecule has 2 nitrogen and oxygen atoms in total. The molecule has 1 aromatic rings. The number of aromatic hydroxyl groups is 1. The minimum absolute atomic E-state index is 0.0603. The summed E-state index contributed by atoms with van der Waals surface area (Å²) in [6.45, 7) is 10.4. The zero-order valence-electron chi connectivity index (χ0n) is 10.7. The molecule has 0 amide bonds. The number of benzene rings is 1. The molecule has 1 heterocycles. The van der Waals surface area contributed by atoms with Crippen LogP contribution < -0.4 is 4.74 Å². The second-order valence-electron chi connectivity index (χ2n) is 6.27. The normalized spacial score (nSPS) is 18.1. The SMILES string of the molecule is CC1(C)Cc2cc(O)c(C(C)(C)C)cc2O1. The quantitative estimate of drug-likeness (QED) is 0.726. The molecular formula is C14H20O2. The van der Waals surface area contributed by atoms with E-state index in [0.29, 0.717) is 5.75 Å². The van der Waals surface area contributed by atoms with E-state index in [2.05, 4.69) is 34.6 Å². The Balaban J connectivity index is 2.49. The van der Waals surface area contributed by atoms with Gasteiger partial charge in [0, 0.05) is 17.5 Å². The Labute approximate surface area is 97.3 Å². The van der Waals surface area contributed by atoms with E-state index >= 15 is 0 Å². The molecule has 2 heteroatoms. The fraction of sp³-hybridized carbons (Fsp3) is 0.571. The van der Waals surface area contributed by atoms with E-state index in [1.165, 1.54) is 0 Å². The Hall–Kier alpha value is -1.18. The van der Waals surface area contributed by atoms with E-state index in [1.807, 2.05) is 12.1 Å². The van der Waals surface area contributed by atoms with Crippen molar-refractivity contribution < 1.29 is 9.84 Å². The summed E-state index contributed by atoms with van der Waals surface area (Å²) in [6.07, 6.45) is 0.861. The zero-order chi connectivity index (χ0) is 12.1. The van der Waals surface area contributed by atoms with Crippen LogP contribution in [0.15, 0.2) is 12.1 Å². The van der Waals surface area contributed by atoms with E-state index in [1.54, 1.807) is 0 Å². The van der Waals surface area contributed by atoms with E-state index < -0.39 is 0 Å². The fourth-order valence-corrected chi connectivity index (χ4v) is 2.24. The number of phenolic OH excluding ortho intramolecular Hbond substituents is 1. The largest absolute Gasteiger partial charge is 0.508 e. The minimum Gasteiger partial charge on any atom is -0.508 e. The van der Waals surface area contributed by atoms with Crippen LogP contribution in [0.2, 0.25) is 0 Å². The molecule has 0 radical (unpaired) electrons. The molecule has 0 fully saturated rings. The molecule has 0 bridgehead atoms. The molecule has 1 aliphatic heterocycles. The van der Waals surface area contributed by atoms with Crippen molar-refractivity contribution in [2.75, 3.05) is 0 Å². The summed E-state index contributed by atoms with van der Waals surface area (Å²) in [5.41, 5.74) is 1.85. The third-order valence-corrected chi connectivity index (χ3v) is 2.99. The molecule has 1 aliphatic rings. The summed E-state index contributed by atoms with van der Waals surface area (Å²) in [4.78, 5) is 0. The van der Waals surface area contributed by atoms with Crippen LogP contribution in [0.25, 0.3) is 0 Å². The van der Waals surface area contributed by atoms with Crippen LogP contribution in [0.3, 0.4) is 0 Å². The molecule has 1 aromatic carbocycles. The van der Waals surface area contributed by atoms with Crippen molar-refractivity contribution in [1.29, 1.82) is 0 Å². The molecule has 0 atom stereocenters. The van der Waals surface area contributed by atoms with Crippen molar-refractivity contribution in [3.63, 3.8) is 0 Å². The summed E-state index contributed by atoms with van der Waals surface area (Å²) in [5.74, 6) is 1.31. The average Bonchev–Trinajstić information content (AvgIpc) is 2.34. The fourth-order valence-electron chi connectivity index (χ4n) is 2.24. The molecule has 2 rings (SSSR count). The predicted octanol–water partition coefficient (Wildman–Crippen LogP) is 3.40. The molecule has 0 aromatic heterocycles. The Bertz CT molecular complexity index is 425. The first-order chi connectivity index (χ1) is 7.19. The lowest BCUT2D eigenvalue weighted by molar-refractivity contribution is 0.138. The first-order valence-electron chi connectivity index (χ1n) is 5.74. The van der Waals surface area contributed by atoms with Crippen molar-refractivity contribution in [2.24, 2.45) is 0 Å². The standard InChI is InChI=1S/C14H20O2/c1-13(2,3)10-7-12-9(6-11(10)15)8-14(4,5)16-12/h6-7,15H,8H2,1-5H3. The van der Waals surface area contributed by atoms with Crippen LogP contribution in [0, 0.1) is 0 Å². The summed E-state index contributed by atoms with van der Waals surface area (Å²) in [6, 6.07) is 3.84. The molecule has 0 unspecified atom stereocenters.